The Morgan fingerprint density at radius 2 is 1.14 bits per heavy atom. The summed E-state index contributed by atoms with van der Waals surface area (Å²) < 4.78 is 0. The monoisotopic (exact) mass is 401 g/mol. The van der Waals surface area contributed by atoms with Crippen molar-refractivity contribution in [1.29, 1.82) is 0 Å². The first-order valence-corrected chi connectivity index (χ1v) is 10.9. The topological polar surface area (TPSA) is 69.2 Å². The van der Waals surface area contributed by atoms with Crippen LogP contribution in [0.1, 0.15) is 103 Å². The minimum absolute atomic E-state index is 0. The molecule has 0 bridgehead atoms. The van der Waals surface area contributed by atoms with Crippen LogP contribution in [0.4, 0.5) is 0 Å². The van der Waals surface area contributed by atoms with Crippen molar-refractivity contribution in [3.8, 4) is 0 Å². The molecule has 0 aliphatic rings. The summed E-state index contributed by atoms with van der Waals surface area (Å²) in [6, 6.07) is 0. The fourth-order valence-electron chi connectivity index (χ4n) is 2.85. The molecule has 0 aromatic rings. The first-order valence-electron chi connectivity index (χ1n) is 10.9. The van der Waals surface area contributed by atoms with Gasteiger partial charge < -0.3 is 15.2 Å². The Kier molecular flexibility index (Phi) is 25.9. The van der Waals surface area contributed by atoms with Crippen LogP contribution in [0.25, 0.3) is 0 Å². The van der Waals surface area contributed by atoms with E-state index in [1.54, 1.807) is 0 Å². The molecule has 156 valence electrons. The molecule has 0 rings (SSSR count). The van der Waals surface area contributed by atoms with Gasteiger partial charge in [0.15, 0.2) is 0 Å². The minimum atomic E-state index is -1.25. The third-order valence-corrected chi connectivity index (χ3v) is 4.50. The SMILES string of the molecule is CCCCCC/C=C\CCCCCCC/C=C\CCCC(=O)NCC(=O)[O-].[Na+]. The molecule has 5 heteroatoms. The van der Waals surface area contributed by atoms with Gasteiger partial charge in [0.05, 0.1) is 12.5 Å². The van der Waals surface area contributed by atoms with E-state index in [-0.39, 0.29) is 35.5 Å². The van der Waals surface area contributed by atoms with Crippen LogP contribution in [0.2, 0.25) is 0 Å². The van der Waals surface area contributed by atoms with E-state index < -0.39 is 12.5 Å². The number of carboxylic acid groups (broad SMARTS) is 1. The summed E-state index contributed by atoms with van der Waals surface area (Å²) >= 11 is 0. The zero-order chi connectivity index (χ0) is 20.0. The summed E-state index contributed by atoms with van der Waals surface area (Å²) in [5.41, 5.74) is 0. The molecule has 0 aliphatic carbocycles. The van der Waals surface area contributed by atoms with Crippen LogP contribution in [0.15, 0.2) is 24.3 Å². The maximum absolute atomic E-state index is 11.3. The van der Waals surface area contributed by atoms with Crippen LogP contribution in [-0.2, 0) is 9.59 Å². The average molecular weight is 402 g/mol. The Bertz CT molecular complexity index is 422. The van der Waals surface area contributed by atoms with Gasteiger partial charge in [-0.05, 0) is 51.4 Å². The summed E-state index contributed by atoms with van der Waals surface area (Å²) in [6.07, 6.45) is 26.4. The van der Waals surface area contributed by atoms with Crippen LogP contribution in [0.5, 0.6) is 0 Å². The van der Waals surface area contributed by atoms with E-state index in [9.17, 15) is 14.7 Å². The molecule has 0 spiro atoms. The van der Waals surface area contributed by atoms with Gasteiger partial charge in [0.1, 0.15) is 0 Å². The average Bonchev–Trinajstić information content (AvgIpc) is 2.65. The second-order valence-electron chi connectivity index (χ2n) is 7.18. The number of carbonyl (C=O) groups is 2. The van der Waals surface area contributed by atoms with E-state index in [2.05, 4.69) is 36.5 Å². The molecule has 0 heterocycles. The molecular formula is C23H40NNaO3. The molecule has 0 saturated heterocycles. The molecule has 28 heavy (non-hydrogen) atoms. The molecule has 0 unspecified atom stereocenters. The molecule has 0 atom stereocenters. The Labute approximate surface area is 194 Å². The number of hydrogen-bond acceptors (Lipinski definition) is 3. The number of allylic oxidation sites excluding steroid dienone is 4. The van der Waals surface area contributed by atoms with E-state index >= 15 is 0 Å². The molecule has 0 aliphatic heterocycles. The fraction of sp³-hybridized carbons (Fsp3) is 0.739. The van der Waals surface area contributed by atoms with Crippen molar-refractivity contribution in [2.24, 2.45) is 0 Å². The van der Waals surface area contributed by atoms with Gasteiger partial charge in [-0.3, -0.25) is 4.79 Å². The zero-order valence-electron chi connectivity index (χ0n) is 18.3. The van der Waals surface area contributed by atoms with Gasteiger partial charge in [-0.15, -0.1) is 0 Å². The maximum Gasteiger partial charge on any atom is 1.00 e. The summed E-state index contributed by atoms with van der Waals surface area (Å²) in [5.74, 6) is -1.48. The van der Waals surface area contributed by atoms with Crippen molar-refractivity contribution in [3.05, 3.63) is 24.3 Å². The number of rotatable bonds is 19. The Morgan fingerprint density at radius 3 is 1.61 bits per heavy atom. The number of carbonyl (C=O) groups excluding carboxylic acids is 2. The van der Waals surface area contributed by atoms with Crippen molar-refractivity contribution >= 4 is 11.9 Å². The number of amides is 1. The van der Waals surface area contributed by atoms with Crippen molar-refractivity contribution in [3.63, 3.8) is 0 Å². The Hall–Kier alpha value is -0.580. The number of hydrogen-bond donors (Lipinski definition) is 1. The Balaban J connectivity index is 0. The molecule has 4 nitrogen and oxygen atoms in total. The van der Waals surface area contributed by atoms with Crippen LogP contribution in [-0.4, -0.2) is 18.4 Å². The molecule has 1 amide bonds. The molecular weight excluding hydrogens is 361 g/mol. The molecule has 0 aromatic heterocycles. The van der Waals surface area contributed by atoms with E-state index in [1.807, 2.05) is 0 Å². The summed E-state index contributed by atoms with van der Waals surface area (Å²) in [7, 11) is 0. The summed E-state index contributed by atoms with van der Waals surface area (Å²) in [6.45, 7) is 1.85. The molecule has 1 N–H and O–H groups in total. The van der Waals surface area contributed by atoms with Gasteiger partial charge in [0.25, 0.3) is 0 Å². The fourth-order valence-corrected chi connectivity index (χ4v) is 2.85. The van der Waals surface area contributed by atoms with E-state index in [0.717, 1.165) is 19.3 Å². The third kappa shape index (κ3) is 25.4. The van der Waals surface area contributed by atoms with E-state index in [1.165, 1.54) is 70.6 Å². The summed E-state index contributed by atoms with van der Waals surface area (Å²) in [5, 5.41) is 12.5. The van der Waals surface area contributed by atoms with Crippen molar-refractivity contribution < 1.29 is 44.3 Å². The van der Waals surface area contributed by atoms with Gasteiger partial charge in [-0.1, -0.05) is 69.8 Å². The van der Waals surface area contributed by atoms with Gasteiger partial charge >= 0.3 is 29.6 Å². The van der Waals surface area contributed by atoms with Crippen LogP contribution in [0, 0.1) is 0 Å². The standard InChI is InChI=1S/C23H41NO3.Na/c1-2-3-4-5-6-7-8-9-10-11-12-13-14-15-16-17-18-19-20-22(25)24-21-23(26)27;/h7-8,16-17H,2-6,9-15,18-21H2,1H3,(H,24,25)(H,26,27);/q;+1/p-1/b8-7-,17-16-;. The predicted molar refractivity (Wildman–Crippen MR) is 111 cm³/mol. The molecule has 0 aromatic carbocycles. The minimum Gasteiger partial charge on any atom is -0.548 e. The Morgan fingerprint density at radius 1 is 0.714 bits per heavy atom. The number of unbranched alkanes of at least 4 members (excludes halogenated alkanes) is 11. The first kappa shape index (κ1) is 29.6. The molecule has 0 fully saturated rings. The zero-order valence-corrected chi connectivity index (χ0v) is 20.3. The van der Waals surface area contributed by atoms with Gasteiger partial charge in [-0.25, -0.2) is 0 Å². The van der Waals surface area contributed by atoms with Crippen molar-refractivity contribution in [2.45, 2.75) is 103 Å². The summed E-state index contributed by atoms with van der Waals surface area (Å²) in [4.78, 5) is 21.5. The maximum atomic E-state index is 11.3. The van der Waals surface area contributed by atoms with Crippen molar-refractivity contribution in [1.82, 2.24) is 5.32 Å². The van der Waals surface area contributed by atoms with E-state index in [4.69, 9.17) is 0 Å². The number of carboxylic acids is 1. The second kappa shape index (κ2) is 24.5. The third-order valence-electron chi connectivity index (χ3n) is 4.50. The van der Waals surface area contributed by atoms with Crippen LogP contribution < -0.4 is 40.0 Å². The van der Waals surface area contributed by atoms with Crippen LogP contribution in [0.3, 0.4) is 0 Å². The van der Waals surface area contributed by atoms with Gasteiger partial charge in [-0.2, -0.15) is 0 Å². The number of nitrogens with one attached hydrogen (secondary N) is 1. The van der Waals surface area contributed by atoms with Crippen LogP contribution >= 0.6 is 0 Å². The normalized spacial score (nSPS) is 11.0. The van der Waals surface area contributed by atoms with Gasteiger partial charge in [0.2, 0.25) is 5.91 Å². The molecule has 0 radical (unpaired) electrons. The van der Waals surface area contributed by atoms with Gasteiger partial charge in [0, 0.05) is 6.42 Å². The predicted octanol–water partition coefficient (Wildman–Crippen LogP) is 1.84. The largest absolute Gasteiger partial charge is 1.00 e. The number of aliphatic carboxylic acids is 1. The van der Waals surface area contributed by atoms with Crippen molar-refractivity contribution in [2.75, 3.05) is 6.54 Å². The molecule has 0 saturated carbocycles. The smallest absolute Gasteiger partial charge is 0.548 e. The van der Waals surface area contributed by atoms with E-state index in [0.29, 0.717) is 6.42 Å². The second-order valence-corrected chi connectivity index (χ2v) is 7.18. The first-order chi connectivity index (χ1) is 13.2. The quantitative estimate of drug-likeness (QED) is 0.204.